The van der Waals surface area contributed by atoms with Gasteiger partial charge in [-0.15, -0.1) is 0 Å². The number of pyridine rings is 1. The molecule has 2 amide bonds. The number of thiazole rings is 1. The van der Waals surface area contributed by atoms with E-state index in [1.54, 1.807) is 11.1 Å². The lowest BCUT2D eigenvalue weighted by Crippen LogP contribution is -2.55. The monoisotopic (exact) mass is 437 g/mol. The van der Waals surface area contributed by atoms with E-state index in [9.17, 15) is 4.79 Å². The molecule has 1 aliphatic rings. The predicted octanol–water partition coefficient (Wildman–Crippen LogP) is 4.20. The Labute approximate surface area is 183 Å². The summed E-state index contributed by atoms with van der Waals surface area (Å²) in [4.78, 5) is 24.2. The molecular weight excluding hydrogens is 414 g/mol. The molecule has 1 saturated heterocycles. The van der Waals surface area contributed by atoms with E-state index in [-0.39, 0.29) is 12.1 Å². The molecule has 1 atom stereocenters. The van der Waals surface area contributed by atoms with Crippen LogP contribution >= 0.6 is 11.3 Å². The Morgan fingerprint density at radius 3 is 3.03 bits per heavy atom. The SMILES string of the molecule is CC[C@H]1CN(C(N)=O)CCN1Cc1cc2cc(Oc3nc4ncccc4s3)ccc2o1. The van der Waals surface area contributed by atoms with Gasteiger partial charge in [0.1, 0.15) is 17.1 Å². The highest BCUT2D eigenvalue weighted by molar-refractivity contribution is 7.20. The molecule has 0 spiro atoms. The third-order valence-electron chi connectivity index (χ3n) is 5.64. The van der Waals surface area contributed by atoms with E-state index in [0.29, 0.717) is 36.2 Å². The number of nitrogens with two attached hydrogens (primary N) is 1. The largest absolute Gasteiger partial charge is 0.460 e. The summed E-state index contributed by atoms with van der Waals surface area (Å²) >= 11 is 1.47. The molecule has 5 rings (SSSR count). The molecule has 0 unspecified atom stereocenters. The maximum absolute atomic E-state index is 11.5. The molecule has 4 heterocycles. The number of amides is 2. The van der Waals surface area contributed by atoms with Crippen molar-refractivity contribution in [2.24, 2.45) is 5.73 Å². The van der Waals surface area contributed by atoms with Crippen LogP contribution in [0.2, 0.25) is 0 Å². The number of hydrogen-bond acceptors (Lipinski definition) is 7. The summed E-state index contributed by atoms with van der Waals surface area (Å²) in [6.45, 7) is 4.89. The molecule has 1 fully saturated rings. The number of hydrogen-bond donors (Lipinski definition) is 1. The number of benzene rings is 1. The van der Waals surface area contributed by atoms with Gasteiger partial charge in [0.25, 0.3) is 5.19 Å². The van der Waals surface area contributed by atoms with Gasteiger partial charge in [-0.25, -0.2) is 9.78 Å². The van der Waals surface area contributed by atoms with Crippen LogP contribution in [0.5, 0.6) is 10.9 Å². The van der Waals surface area contributed by atoms with Gasteiger partial charge in [-0.1, -0.05) is 18.3 Å². The van der Waals surface area contributed by atoms with E-state index < -0.39 is 0 Å². The van der Waals surface area contributed by atoms with Crippen molar-refractivity contribution >= 4 is 38.7 Å². The Morgan fingerprint density at radius 1 is 1.32 bits per heavy atom. The minimum absolute atomic E-state index is 0.265. The van der Waals surface area contributed by atoms with Crippen LogP contribution in [0.25, 0.3) is 21.3 Å². The van der Waals surface area contributed by atoms with Crippen molar-refractivity contribution < 1.29 is 13.9 Å². The molecule has 0 bridgehead atoms. The number of nitrogens with zero attached hydrogens (tertiary/aromatic N) is 4. The fourth-order valence-corrected chi connectivity index (χ4v) is 4.79. The average molecular weight is 438 g/mol. The van der Waals surface area contributed by atoms with E-state index >= 15 is 0 Å². The Balaban J connectivity index is 1.31. The van der Waals surface area contributed by atoms with Crippen molar-refractivity contribution in [3.8, 4) is 10.9 Å². The number of urea groups is 1. The van der Waals surface area contributed by atoms with Crippen molar-refractivity contribution in [2.75, 3.05) is 19.6 Å². The molecule has 31 heavy (non-hydrogen) atoms. The molecule has 8 nitrogen and oxygen atoms in total. The highest BCUT2D eigenvalue weighted by Crippen LogP contribution is 2.32. The van der Waals surface area contributed by atoms with Crippen molar-refractivity contribution in [1.29, 1.82) is 0 Å². The zero-order valence-electron chi connectivity index (χ0n) is 17.2. The maximum atomic E-state index is 11.5. The van der Waals surface area contributed by atoms with E-state index in [4.69, 9.17) is 14.9 Å². The maximum Gasteiger partial charge on any atom is 0.314 e. The van der Waals surface area contributed by atoms with E-state index in [1.807, 2.05) is 30.3 Å². The topological polar surface area (TPSA) is 97.7 Å². The zero-order valence-corrected chi connectivity index (χ0v) is 18.0. The summed E-state index contributed by atoms with van der Waals surface area (Å²) < 4.78 is 13.0. The average Bonchev–Trinajstić information content (AvgIpc) is 3.36. The van der Waals surface area contributed by atoms with Gasteiger partial charge in [0.05, 0.1) is 11.2 Å². The van der Waals surface area contributed by atoms with Crippen molar-refractivity contribution in [2.45, 2.75) is 25.9 Å². The molecule has 2 N–H and O–H groups in total. The van der Waals surface area contributed by atoms with Crippen LogP contribution in [0, 0.1) is 0 Å². The van der Waals surface area contributed by atoms with Gasteiger partial charge in [-0.3, -0.25) is 4.90 Å². The third-order valence-corrected chi connectivity index (χ3v) is 6.52. The third kappa shape index (κ3) is 4.06. The van der Waals surface area contributed by atoms with Crippen LogP contribution in [-0.2, 0) is 6.54 Å². The summed E-state index contributed by atoms with van der Waals surface area (Å²) in [6, 6.07) is 11.6. The number of carbonyl (C=O) groups is 1. The number of ether oxygens (including phenoxy) is 1. The highest BCUT2D eigenvalue weighted by Gasteiger charge is 2.28. The Bertz CT molecular complexity index is 1200. The quantitative estimate of drug-likeness (QED) is 0.502. The number of primary amides is 1. The Kier molecular flexibility index (Phi) is 5.21. The fourth-order valence-electron chi connectivity index (χ4n) is 4.00. The normalized spacial score (nSPS) is 17.5. The Morgan fingerprint density at radius 2 is 2.23 bits per heavy atom. The molecule has 1 aliphatic heterocycles. The molecule has 0 saturated carbocycles. The molecule has 1 aromatic carbocycles. The standard InChI is InChI=1S/C22H23N5O3S/c1-2-15-12-27(21(23)28)9-8-26(15)13-17-11-14-10-16(5-6-18(14)29-17)30-22-25-20-19(31-22)4-3-7-24-20/h3-7,10-11,15H,2,8-9,12-13H2,1H3,(H2,23,28)/t15-/m0/s1. The molecule has 160 valence electrons. The molecular formula is C22H23N5O3S. The minimum Gasteiger partial charge on any atom is -0.460 e. The lowest BCUT2D eigenvalue weighted by molar-refractivity contribution is 0.0796. The predicted molar refractivity (Wildman–Crippen MR) is 119 cm³/mol. The number of carbonyl (C=O) groups excluding carboxylic acids is 1. The number of piperazine rings is 1. The molecule has 4 aromatic rings. The number of fused-ring (bicyclic) bond motifs is 2. The second-order valence-electron chi connectivity index (χ2n) is 7.64. The smallest absolute Gasteiger partial charge is 0.314 e. The summed E-state index contributed by atoms with van der Waals surface area (Å²) in [6.07, 6.45) is 2.67. The first-order chi connectivity index (χ1) is 15.1. The summed E-state index contributed by atoms with van der Waals surface area (Å²) in [7, 11) is 0. The lowest BCUT2D eigenvalue weighted by atomic mass is 10.1. The van der Waals surface area contributed by atoms with Gasteiger partial charge in [0.2, 0.25) is 0 Å². The van der Waals surface area contributed by atoms with Gasteiger partial charge in [-0.05, 0) is 42.8 Å². The van der Waals surface area contributed by atoms with Crippen molar-refractivity contribution in [1.82, 2.24) is 19.8 Å². The first kappa shape index (κ1) is 19.8. The van der Waals surface area contributed by atoms with Gasteiger partial charge < -0.3 is 19.8 Å². The van der Waals surface area contributed by atoms with Gasteiger partial charge in [-0.2, -0.15) is 4.98 Å². The Hall–Kier alpha value is -3.17. The van der Waals surface area contributed by atoms with E-state index in [0.717, 1.165) is 34.4 Å². The zero-order chi connectivity index (χ0) is 21.4. The van der Waals surface area contributed by atoms with Gasteiger partial charge in [0, 0.05) is 37.3 Å². The molecule has 0 radical (unpaired) electrons. The van der Waals surface area contributed by atoms with Crippen LogP contribution in [-0.4, -0.2) is 51.5 Å². The number of rotatable bonds is 5. The van der Waals surface area contributed by atoms with E-state index in [1.165, 1.54) is 11.3 Å². The molecule has 0 aliphatic carbocycles. The molecule has 9 heteroatoms. The fraction of sp³-hybridized carbons (Fsp3) is 0.318. The highest BCUT2D eigenvalue weighted by atomic mass is 32.1. The summed E-state index contributed by atoms with van der Waals surface area (Å²) in [5.74, 6) is 1.60. The van der Waals surface area contributed by atoms with Crippen LogP contribution in [0.3, 0.4) is 0 Å². The first-order valence-corrected chi connectivity index (χ1v) is 11.1. The van der Waals surface area contributed by atoms with Crippen LogP contribution in [0.15, 0.2) is 47.0 Å². The second-order valence-corrected chi connectivity index (χ2v) is 8.63. The summed E-state index contributed by atoms with van der Waals surface area (Å²) in [5, 5.41) is 1.55. The number of furan rings is 1. The second kappa shape index (κ2) is 8.16. The van der Waals surface area contributed by atoms with E-state index in [2.05, 4.69) is 27.9 Å². The van der Waals surface area contributed by atoms with Crippen LogP contribution in [0.4, 0.5) is 4.79 Å². The van der Waals surface area contributed by atoms with Crippen molar-refractivity contribution in [3.63, 3.8) is 0 Å². The minimum atomic E-state index is -0.349. The van der Waals surface area contributed by atoms with Gasteiger partial charge >= 0.3 is 6.03 Å². The molecule has 3 aromatic heterocycles. The first-order valence-electron chi connectivity index (χ1n) is 10.3. The van der Waals surface area contributed by atoms with Crippen LogP contribution < -0.4 is 10.5 Å². The van der Waals surface area contributed by atoms with Crippen molar-refractivity contribution in [3.05, 3.63) is 48.4 Å². The van der Waals surface area contributed by atoms with Crippen LogP contribution in [0.1, 0.15) is 19.1 Å². The number of aromatic nitrogens is 2. The summed E-state index contributed by atoms with van der Waals surface area (Å²) in [5.41, 5.74) is 6.96. The van der Waals surface area contributed by atoms with Gasteiger partial charge in [0.15, 0.2) is 5.65 Å². The lowest BCUT2D eigenvalue weighted by Gasteiger charge is -2.40.